The van der Waals surface area contributed by atoms with Gasteiger partial charge in [-0.15, -0.1) is 0 Å². The van der Waals surface area contributed by atoms with E-state index in [-0.39, 0.29) is 24.2 Å². The number of benzene rings is 1. The molecule has 0 radical (unpaired) electrons. The third-order valence-corrected chi connectivity index (χ3v) is 2.69. The highest BCUT2D eigenvalue weighted by molar-refractivity contribution is 5.98. The Kier molecular flexibility index (Phi) is 4.44. The lowest BCUT2D eigenvalue weighted by Gasteiger charge is -2.09. The molecule has 1 rings (SSSR count). The van der Waals surface area contributed by atoms with Crippen LogP contribution in [0.5, 0.6) is 0 Å². The predicted molar refractivity (Wildman–Crippen MR) is 68.1 cm³/mol. The molecule has 17 heavy (non-hydrogen) atoms. The van der Waals surface area contributed by atoms with Gasteiger partial charge in [0, 0.05) is 11.5 Å². The van der Waals surface area contributed by atoms with Crippen LogP contribution >= 0.6 is 0 Å². The highest BCUT2D eigenvalue weighted by Gasteiger charge is 2.12. The maximum absolute atomic E-state index is 11.8. The molecule has 0 aliphatic rings. The van der Waals surface area contributed by atoms with Gasteiger partial charge in [-0.05, 0) is 25.5 Å². The van der Waals surface area contributed by atoms with Crippen LogP contribution < -0.4 is 5.32 Å². The van der Waals surface area contributed by atoms with E-state index in [0.717, 1.165) is 11.1 Å². The van der Waals surface area contributed by atoms with Crippen LogP contribution in [0.1, 0.15) is 35.3 Å². The molecule has 0 unspecified atom stereocenters. The van der Waals surface area contributed by atoms with Crippen LogP contribution in [0.2, 0.25) is 0 Å². The predicted octanol–water partition coefficient (Wildman–Crippen LogP) is 2.26. The van der Waals surface area contributed by atoms with Gasteiger partial charge in [0.15, 0.2) is 5.78 Å². The number of Topliss-reactive ketones (excluding diaryl/α,β-unsaturated/α-hetero) is 1. The van der Waals surface area contributed by atoms with Crippen molar-refractivity contribution >= 4 is 11.7 Å². The van der Waals surface area contributed by atoms with E-state index < -0.39 is 0 Å². The van der Waals surface area contributed by atoms with Crippen molar-refractivity contribution in [2.45, 2.75) is 27.7 Å². The number of hydrogen-bond donors (Lipinski definition) is 1. The summed E-state index contributed by atoms with van der Waals surface area (Å²) in [6.07, 6.45) is 0. The van der Waals surface area contributed by atoms with E-state index in [1.807, 2.05) is 39.8 Å². The Morgan fingerprint density at radius 3 is 2.41 bits per heavy atom. The Hall–Kier alpha value is -1.64. The maximum atomic E-state index is 11.8. The quantitative estimate of drug-likeness (QED) is 0.867. The molecule has 0 fully saturated rings. The molecule has 0 saturated heterocycles. The molecule has 1 aromatic carbocycles. The second kappa shape index (κ2) is 5.62. The van der Waals surface area contributed by atoms with Crippen LogP contribution in [-0.4, -0.2) is 18.2 Å². The summed E-state index contributed by atoms with van der Waals surface area (Å²) >= 11 is 0. The molecule has 1 amide bonds. The van der Waals surface area contributed by atoms with E-state index in [1.165, 1.54) is 0 Å². The molecule has 0 atom stereocenters. The van der Waals surface area contributed by atoms with Gasteiger partial charge in [-0.2, -0.15) is 0 Å². The van der Waals surface area contributed by atoms with Crippen LogP contribution in [-0.2, 0) is 4.79 Å². The number of carbonyl (C=O) groups is 2. The SMILES string of the molecule is Cc1ccc(C(=O)NCC(=O)C(C)C)c(C)c1. The number of carbonyl (C=O) groups excluding carboxylic acids is 2. The van der Waals surface area contributed by atoms with Gasteiger partial charge in [0.05, 0.1) is 6.54 Å². The fourth-order valence-corrected chi connectivity index (χ4v) is 1.54. The van der Waals surface area contributed by atoms with Crippen LogP contribution in [0.3, 0.4) is 0 Å². The summed E-state index contributed by atoms with van der Waals surface area (Å²) in [6.45, 7) is 7.63. The average molecular weight is 233 g/mol. The van der Waals surface area contributed by atoms with Crippen molar-refractivity contribution in [2.24, 2.45) is 5.92 Å². The molecule has 0 saturated carbocycles. The van der Waals surface area contributed by atoms with Crippen molar-refractivity contribution in [1.82, 2.24) is 5.32 Å². The van der Waals surface area contributed by atoms with Crippen molar-refractivity contribution in [2.75, 3.05) is 6.54 Å². The average Bonchev–Trinajstić information content (AvgIpc) is 2.25. The highest BCUT2D eigenvalue weighted by Crippen LogP contribution is 2.10. The monoisotopic (exact) mass is 233 g/mol. The molecule has 0 aliphatic heterocycles. The molecule has 0 heterocycles. The van der Waals surface area contributed by atoms with Crippen molar-refractivity contribution in [3.8, 4) is 0 Å². The van der Waals surface area contributed by atoms with Gasteiger partial charge in [-0.1, -0.05) is 31.5 Å². The molecule has 3 nitrogen and oxygen atoms in total. The number of ketones is 1. The van der Waals surface area contributed by atoms with E-state index in [1.54, 1.807) is 6.07 Å². The molecular weight excluding hydrogens is 214 g/mol. The fourth-order valence-electron chi connectivity index (χ4n) is 1.54. The number of aryl methyl sites for hydroxylation is 2. The van der Waals surface area contributed by atoms with E-state index in [4.69, 9.17) is 0 Å². The number of nitrogens with one attached hydrogen (secondary N) is 1. The van der Waals surface area contributed by atoms with Gasteiger partial charge < -0.3 is 5.32 Å². The minimum Gasteiger partial charge on any atom is -0.345 e. The molecular formula is C14H19NO2. The van der Waals surface area contributed by atoms with Gasteiger partial charge in [0.1, 0.15) is 0 Å². The minimum absolute atomic E-state index is 0.0446. The summed E-state index contributed by atoms with van der Waals surface area (Å²) in [4.78, 5) is 23.2. The van der Waals surface area contributed by atoms with Gasteiger partial charge in [-0.25, -0.2) is 0 Å². The minimum atomic E-state index is -0.184. The second-order valence-electron chi connectivity index (χ2n) is 4.62. The van der Waals surface area contributed by atoms with E-state index in [2.05, 4.69) is 5.32 Å². The zero-order valence-corrected chi connectivity index (χ0v) is 10.8. The zero-order valence-electron chi connectivity index (χ0n) is 10.8. The van der Waals surface area contributed by atoms with Gasteiger partial charge in [0.2, 0.25) is 0 Å². The third kappa shape index (κ3) is 3.70. The molecule has 3 heteroatoms. The number of amides is 1. The molecule has 1 aromatic rings. The summed E-state index contributed by atoms with van der Waals surface area (Å²) in [6, 6.07) is 5.64. The first kappa shape index (κ1) is 13.4. The van der Waals surface area contributed by atoms with E-state index in [0.29, 0.717) is 5.56 Å². The Balaban J connectivity index is 2.68. The zero-order chi connectivity index (χ0) is 13.0. The molecule has 0 spiro atoms. The summed E-state index contributed by atoms with van der Waals surface area (Å²) < 4.78 is 0. The summed E-state index contributed by atoms with van der Waals surface area (Å²) in [5.74, 6) is -0.186. The van der Waals surface area contributed by atoms with Crippen LogP contribution in [0.4, 0.5) is 0 Å². The lowest BCUT2D eigenvalue weighted by atomic mass is 10.0. The first-order chi connectivity index (χ1) is 7.91. The standard InChI is InChI=1S/C14H19NO2/c1-9(2)13(16)8-15-14(17)12-6-5-10(3)7-11(12)4/h5-7,9H,8H2,1-4H3,(H,15,17). The van der Waals surface area contributed by atoms with Crippen LogP contribution in [0, 0.1) is 19.8 Å². The number of hydrogen-bond acceptors (Lipinski definition) is 2. The Morgan fingerprint density at radius 2 is 1.88 bits per heavy atom. The summed E-state index contributed by atoms with van der Waals surface area (Å²) in [5, 5.41) is 2.65. The van der Waals surface area contributed by atoms with Gasteiger partial charge >= 0.3 is 0 Å². The van der Waals surface area contributed by atoms with E-state index >= 15 is 0 Å². The molecule has 0 bridgehead atoms. The van der Waals surface area contributed by atoms with Crippen molar-refractivity contribution in [3.63, 3.8) is 0 Å². The van der Waals surface area contributed by atoms with Crippen LogP contribution in [0.25, 0.3) is 0 Å². The lowest BCUT2D eigenvalue weighted by Crippen LogP contribution is -2.31. The molecule has 0 aliphatic carbocycles. The largest absolute Gasteiger partial charge is 0.345 e. The summed E-state index contributed by atoms with van der Waals surface area (Å²) in [7, 11) is 0. The normalized spacial score (nSPS) is 10.4. The second-order valence-corrected chi connectivity index (χ2v) is 4.62. The van der Waals surface area contributed by atoms with Crippen molar-refractivity contribution in [1.29, 1.82) is 0 Å². The lowest BCUT2D eigenvalue weighted by molar-refractivity contribution is -0.120. The third-order valence-electron chi connectivity index (χ3n) is 2.69. The topological polar surface area (TPSA) is 46.2 Å². The van der Waals surface area contributed by atoms with Crippen molar-refractivity contribution < 1.29 is 9.59 Å². The maximum Gasteiger partial charge on any atom is 0.251 e. The first-order valence-electron chi connectivity index (χ1n) is 5.80. The Labute approximate surface area is 102 Å². The molecule has 0 aromatic heterocycles. The number of rotatable bonds is 4. The van der Waals surface area contributed by atoms with Gasteiger partial charge in [0.25, 0.3) is 5.91 Å². The first-order valence-corrected chi connectivity index (χ1v) is 5.80. The van der Waals surface area contributed by atoms with E-state index in [9.17, 15) is 9.59 Å². The smallest absolute Gasteiger partial charge is 0.251 e. The highest BCUT2D eigenvalue weighted by atomic mass is 16.2. The Bertz CT molecular complexity index is 436. The van der Waals surface area contributed by atoms with Crippen molar-refractivity contribution in [3.05, 3.63) is 34.9 Å². The molecule has 1 N–H and O–H groups in total. The summed E-state index contributed by atoms with van der Waals surface area (Å²) in [5.41, 5.74) is 2.68. The fraction of sp³-hybridized carbons (Fsp3) is 0.429. The Morgan fingerprint density at radius 1 is 1.24 bits per heavy atom. The molecule has 92 valence electrons. The van der Waals surface area contributed by atoms with Gasteiger partial charge in [-0.3, -0.25) is 9.59 Å². The van der Waals surface area contributed by atoms with Crippen LogP contribution in [0.15, 0.2) is 18.2 Å².